The van der Waals surface area contributed by atoms with Gasteiger partial charge in [0.2, 0.25) is 0 Å². The Morgan fingerprint density at radius 1 is 1.50 bits per heavy atom. The molecule has 0 unspecified atom stereocenters. The SMILES string of the molecule is O=C(O)C1CCN(C(=O)NCc2nccs2)CC1. The molecule has 98 valence electrons. The number of aromatic nitrogens is 1. The van der Waals surface area contributed by atoms with E-state index in [1.807, 2.05) is 5.38 Å². The Morgan fingerprint density at radius 3 is 2.78 bits per heavy atom. The lowest BCUT2D eigenvalue weighted by molar-refractivity contribution is -0.143. The van der Waals surface area contributed by atoms with Gasteiger partial charge in [0.25, 0.3) is 0 Å². The van der Waals surface area contributed by atoms with Crippen molar-refractivity contribution in [1.82, 2.24) is 15.2 Å². The summed E-state index contributed by atoms with van der Waals surface area (Å²) >= 11 is 1.49. The number of carboxylic acid groups (broad SMARTS) is 1. The predicted octanol–water partition coefficient (Wildman–Crippen LogP) is 1.15. The molecular weight excluding hydrogens is 254 g/mol. The number of carbonyl (C=O) groups is 2. The maximum absolute atomic E-state index is 11.8. The molecule has 1 aliphatic heterocycles. The zero-order chi connectivity index (χ0) is 13.0. The highest BCUT2D eigenvalue weighted by Gasteiger charge is 2.26. The van der Waals surface area contributed by atoms with E-state index in [0.717, 1.165) is 5.01 Å². The van der Waals surface area contributed by atoms with Crippen molar-refractivity contribution in [1.29, 1.82) is 0 Å². The van der Waals surface area contributed by atoms with Gasteiger partial charge in [0.1, 0.15) is 5.01 Å². The van der Waals surface area contributed by atoms with Gasteiger partial charge in [-0.15, -0.1) is 11.3 Å². The minimum Gasteiger partial charge on any atom is -0.481 e. The van der Waals surface area contributed by atoms with Gasteiger partial charge >= 0.3 is 12.0 Å². The smallest absolute Gasteiger partial charge is 0.317 e. The van der Waals surface area contributed by atoms with Crippen LogP contribution < -0.4 is 5.32 Å². The summed E-state index contributed by atoms with van der Waals surface area (Å²) in [4.78, 5) is 28.3. The second-order valence-electron chi connectivity index (χ2n) is 4.18. The number of likely N-dealkylation sites (tertiary alicyclic amines) is 1. The number of carbonyl (C=O) groups excluding carboxylic acids is 1. The van der Waals surface area contributed by atoms with Crippen molar-refractivity contribution in [3.8, 4) is 0 Å². The van der Waals surface area contributed by atoms with Crippen molar-refractivity contribution in [3.05, 3.63) is 16.6 Å². The van der Waals surface area contributed by atoms with Crippen molar-refractivity contribution in [2.24, 2.45) is 5.92 Å². The predicted molar refractivity (Wildman–Crippen MR) is 66.3 cm³/mol. The molecule has 1 aromatic heterocycles. The van der Waals surface area contributed by atoms with Crippen LogP contribution in [0, 0.1) is 5.92 Å². The summed E-state index contributed by atoms with van der Waals surface area (Å²) in [5.74, 6) is -1.08. The van der Waals surface area contributed by atoms with E-state index in [4.69, 9.17) is 5.11 Å². The molecule has 2 amide bonds. The molecule has 0 spiro atoms. The lowest BCUT2D eigenvalue weighted by atomic mass is 9.97. The quantitative estimate of drug-likeness (QED) is 0.862. The Balaban J connectivity index is 1.75. The summed E-state index contributed by atoms with van der Waals surface area (Å²) in [5.41, 5.74) is 0. The zero-order valence-corrected chi connectivity index (χ0v) is 10.7. The van der Waals surface area contributed by atoms with Crippen molar-refractivity contribution in [2.45, 2.75) is 19.4 Å². The van der Waals surface area contributed by atoms with Gasteiger partial charge in [0, 0.05) is 24.7 Å². The van der Waals surface area contributed by atoms with Crippen molar-refractivity contribution in [3.63, 3.8) is 0 Å². The molecule has 0 bridgehead atoms. The molecule has 1 aromatic rings. The molecule has 0 aromatic carbocycles. The van der Waals surface area contributed by atoms with Crippen LogP contribution in [0.5, 0.6) is 0 Å². The summed E-state index contributed by atoms with van der Waals surface area (Å²) in [5, 5.41) is 14.4. The van der Waals surface area contributed by atoms with E-state index >= 15 is 0 Å². The van der Waals surface area contributed by atoms with Crippen molar-refractivity contribution >= 4 is 23.3 Å². The maximum Gasteiger partial charge on any atom is 0.317 e. The van der Waals surface area contributed by atoms with Gasteiger partial charge in [-0.1, -0.05) is 0 Å². The molecule has 1 fully saturated rings. The fourth-order valence-electron chi connectivity index (χ4n) is 1.93. The molecule has 2 rings (SSSR count). The lowest BCUT2D eigenvalue weighted by Gasteiger charge is -2.30. The highest BCUT2D eigenvalue weighted by Crippen LogP contribution is 2.17. The summed E-state index contributed by atoms with van der Waals surface area (Å²) < 4.78 is 0. The Hall–Kier alpha value is -1.63. The van der Waals surface area contributed by atoms with Gasteiger partial charge in [-0.2, -0.15) is 0 Å². The van der Waals surface area contributed by atoms with Gasteiger partial charge in [0.15, 0.2) is 0 Å². The molecular formula is C11H15N3O3S. The van der Waals surface area contributed by atoms with Gasteiger partial charge < -0.3 is 15.3 Å². The van der Waals surface area contributed by atoms with Gasteiger partial charge in [-0.25, -0.2) is 9.78 Å². The number of nitrogens with zero attached hydrogens (tertiary/aromatic N) is 2. The number of nitrogens with one attached hydrogen (secondary N) is 1. The minimum absolute atomic E-state index is 0.144. The third-order valence-corrected chi connectivity index (χ3v) is 3.79. The van der Waals surface area contributed by atoms with E-state index in [1.165, 1.54) is 11.3 Å². The number of carboxylic acids is 1. The molecule has 0 aliphatic carbocycles. The first-order valence-electron chi connectivity index (χ1n) is 5.81. The first kappa shape index (κ1) is 12.8. The van der Waals surface area contributed by atoms with Crippen LogP contribution in [0.15, 0.2) is 11.6 Å². The van der Waals surface area contributed by atoms with E-state index < -0.39 is 5.97 Å². The number of hydrogen-bond donors (Lipinski definition) is 2. The van der Waals surface area contributed by atoms with E-state index in [0.29, 0.717) is 32.5 Å². The normalized spacial score (nSPS) is 16.6. The zero-order valence-electron chi connectivity index (χ0n) is 9.83. The Labute approximate surface area is 109 Å². The monoisotopic (exact) mass is 269 g/mol. The van der Waals surface area contributed by atoms with E-state index in [9.17, 15) is 9.59 Å². The van der Waals surface area contributed by atoms with Crippen LogP contribution >= 0.6 is 11.3 Å². The molecule has 0 radical (unpaired) electrons. The first-order chi connectivity index (χ1) is 8.66. The third kappa shape index (κ3) is 3.19. The van der Waals surface area contributed by atoms with Crippen molar-refractivity contribution in [2.75, 3.05) is 13.1 Å². The number of hydrogen-bond acceptors (Lipinski definition) is 4. The number of amides is 2. The minimum atomic E-state index is -0.766. The number of thiazole rings is 1. The molecule has 2 N–H and O–H groups in total. The Kier molecular flexibility index (Phi) is 4.14. The fourth-order valence-corrected chi connectivity index (χ4v) is 2.49. The van der Waals surface area contributed by atoms with Crippen LogP contribution in [0.3, 0.4) is 0 Å². The number of rotatable bonds is 3. The van der Waals surface area contributed by atoms with Crippen molar-refractivity contribution < 1.29 is 14.7 Å². The van der Waals surface area contributed by atoms with Crippen LogP contribution in [0.2, 0.25) is 0 Å². The van der Waals surface area contributed by atoms with E-state index in [-0.39, 0.29) is 11.9 Å². The van der Waals surface area contributed by atoms with Crippen LogP contribution in [-0.4, -0.2) is 40.1 Å². The standard InChI is InChI=1S/C11H15N3O3S/c15-10(16)8-1-4-14(5-2-8)11(17)13-7-9-12-3-6-18-9/h3,6,8H,1-2,4-5,7H2,(H,13,17)(H,15,16). The summed E-state index contributed by atoms with van der Waals surface area (Å²) in [6.45, 7) is 1.43. The molecule has 18 heavy (non-hydrogen) atoms. The van der Waals surface area contributed by atoms with E-state index in [1.54, 1.807) is 11.1 Å². The van der Waals surface area contributed by atoms with Gasteiger partial charge in [-0.05, 0) is 12.8 Å². The highest BCUT2D eigenvalue weighted by molar-refractivity contribution is 7.09. The average Bonchev–Trinajstić information content (AvgIpc) is 2.89. The summed E-state index contributed by atoms with van der Waals surface area (Å²) in [6, 6.07) is -0.144. The first-order valence-corrected chi connectivity index (χ1v) is 6.68. The largest absolute Gasteiger partial charge is 0.481 e. The lowest BCUT2D eigenvalue weighted by Crippen LogP contribution is -2.45. The fraction of sp³-hybridized carbons (Fsp3) is 0.545. The number of aliphatic carboxylic acids is 1. The van der Waals surface area contributed by atoms with Crippen LogP contribution in [0.1, 0.15) is 17.8 Å². The van der Waals surface area contributed by atoms with Gasteiger partial charge in [-0.3, -0.25) is 4.79 Å². The molecule has 0 saturated carbocycles. The van der Waals surface area contributed by atoms with Crippen LogP contribution in [0.4, 0.5) is 4.79 Å². The maximum atomic E-state index is 11.8. The third-order valence-electron chi connectivity index (χ3n) is 3.01. The molecule has 7 heteroatoms. The average molecular weight is 269 g/mol. The molecule has 0 atom stereocenters. The number of piperidine rings is 1. The highest BCUT2D eigenvalue weighted by atomic mass is 32.1. The van der Waals surface area contributed by atoms with E-state index in [2.05, 4.69) is 10.3 Å². The molecule has 1 aliphatic rings. The molecule has 6 nitrogen and oxygen atoms in total. The molecule has 2 heterocycles. The second kappa shape index (κ2) is 5.81. The Bertz CT molecular complexity index is 413. The Morgan fingerprint density at radius 2 is 2.22 bits per heavy atom. The molecule has 1 saturated heterocycles. The number of urea groups is 1. The van der Waals surface area contributed by atoms with Crippen LogP contribution in [0.25, 0.3) is 0 Å². The van der Waals surface area contributed by atoms with Crippen LogP contribution in [-0.2, 0) is 11.3 Å². The summed E-state index contributed by atoms with van der Waals surface area (Å²) in [7, 11) is 0. The second-order valence-corrected chi connectivity index (χ2v) is 5.16. The topological polar surface area (TPSA) is 82.5 Å². The van der Waals surface area contributed by atoms with Gasteiger partial charge in [0.05, 0.1) is 12.5 Å². The summed E-state index contributed by atoms with van der Waals surface area (Å²) in [6.07, 6.45) is 2.75.